The first-order valence-corrected chi connectivity index (χ1v) is 4.92. The molecule has 1 unspecified atom stereocenters. The van der Waals surface area contributed by atoms with E-state index in [9.17, 15) is 0 Å². The van der Waals surface area contributed by atoms with E-state index in [1.165, 1.54) is 0 Å². The number of nitriles is 1. The monoisotopic (exact) mass is 205 g/mol. The minimum absolute atomic E-state index is 0.214. The van der Waals surface area contributed by atoms with Gasteiger partial charge in [0.25, 0.3) is 0 Å². The van der Waals surface area contributed by atoms with E-state index in [0.29, 0.717) is 12.3 Å². The summed E-state index contributed by atoms with van der Waals surface area (Å²) >= 11 is 0. The zero-order chi connectivity index (χ0) is 11.1. The second-order valence-corrected chi connectivity index (χ2v) is 3.22. The van der Waals surface area contributed by atoms with Crippen LogP contribution in [-0.2, 0) is 4.74 Å². The lowest BCUT2D eigenvalue weighted by Crippen LogP contribution is -2.24. The molecule has 1 heterocycles. The number of ether oxygens (including phenoxy) is 1. The lowest BCUT2D eigenvalue weighted by Gasteiger charge is -2.17. The maximum Gasteiger partial charge on any atom is 0.163 e. The number of hydrogen-bond acceptors (Lipinski definition) is 4. The number of methoxy groups -OCH3 is 1. The van der Waals surface area contributed by atoms with Gasteiger partial charge in [-0.15, -0.1) is 0 Å². The largest absolute Gasteiger partial charge is 0.383 e. The van der Waals surface area contributed by atoms with E-state index in [4.69, 9.17) is 10.00 Å². The minimum atomic E-state index is 0.214. The average molecular weight is 205 g/mol. The Kier molecular flexibility index (Phi) is 4.58. The highest BCUT2D eigenvalue weighted by Crippen LogP contribution is 2.13. The van der Waals surface area contributed by atoms with Crippen molar-refractivity contribution in [2.24, 2.45) is 0 Å². The van der Waals surface area contributed by atoms with Gasteiger partial charge in [-0.1, -0.05) is 6.92 Å². The smallest absolute Gasteiger partial charge is 0.163 e. The summed E-state index contributed by atoms with van der Waals surface area (Å²) in [6, 6.07) is 5.93. The Bertz CT molecular complexity index is 346. The van der Waals surface area contributed by atoms with Gasteiger partial charge in [0.15, 0.2) is 5.69 Å². The fourth-order valence-electron chi connectivity index (χ4n) is 1.29. The minimum Gasteiger partial charge on any atom is -0.383 e. The Morgan fingerprint density at radius 2 is 2.47 bits per heavy atom. The van der Waals surface area contributed by atoms with Crippen molar-refractivity contribution in [2.45, 2.75) is 19.4 Å². The topological polar surface area (TPSA) is 57.9 Å². The molecular weight excluding hydrogens is 190 g/mol. The molecule has 15 heavy (non-hydrogen) atoms. The third kappa shape index (κ3) is 3.22. The normalized spacial score (nSPS) is 11.8. The molecule has 0 spiro atoms. The number of nitrogens with zero attached hydrogens (tertiary/aromatic N) is 2. The van der Waals surface area contributed by atoms with Gasteiger partial charge in [-0.2, -0.15) is 5.26 Å². The Labute approximate surface area is 89.9 Å². The molecule has 0 amide bonds. The van der Waals surface area contributed by atoms with Gasteiger partial charge in [-0.25, -0.2) is 4.98 Å². The van der Waals surface area contributed by atoms with E-state index >= 15 is 0 Å². The van der Waals surface area contributed by atoms with Crippen molar-refractivity contribution >= 4 is 5.69 Å². The van der Waals surface area contributed by atoms with Crippen LogP contribution in [0.4, 0.5) is 5.69 Å². The predicted octanol–water partition coefficient (Wildman–Crippen LogP) is 1.79. The number of hydrogen-bond donors (Lipinski definition) is 1. The van der Waals surface area contributed by atoms with Gasteiger partial charge in [0.2, 0.25) is 0 Å². The standard InChI is InChI=1S/C11H15N3O/c1-3-9(8-15-2)14-10-5-4-6-13-11(10)7-12/h4-6,9,14H,3,8H2,1-2H3. The van der Waals surface area contributed by atoms with E-state index in [-0.39, 0.29) is 6.04 Å². The molecule has 1 rings (SSSR count). The van der Waals surface area contributed by atoms with E-state index in [0.717, 1.165) is 12.1 Å². The van der Waals surface area contributed by atoms with Crippen molar-refractivity contribution in [1.82, 2.24) is 4.98 Å². The fraction of sp³-hybridized carbons (Fsp3) is 0.455. The predicted molar refractivity (Wildman–Crippen MR) is 58.5 cm³/mol. The van der Waals surface area contributed by atoms with Gasteiger partial charge in [0.1, 0.15) is 6.07 Å². The molecule has 0 aliphatic carbocycles. The van der Waals surface area contributed by atoms with Crippen LogP contribution < -0.4 is 5.32 Å². The zero-order valence-corrected chi connectivity index (χ0v) is 9.03. The van der Waals surface area contributed by atoms with E-state index < -0.39 is 0 Å². The molecule has 4 heteroatoms. The molecule has 0 bridgehead atoms. The van der Waals surface area contributed by atoms with E-state index in [1.807, 2.05) is 12.1 Å². The van der Waals surface area contributed by atoms with Crippen LogP contribution in [0.2, 0.25) is 0 Å². The van der Waals surface area contributed by atoms with Gasteiger partial charge in [-0.05, 0) is 18.6 Å². The van der Waals surface area contributed by atoms with E-state index in [1.54, 1.807) is 13.3 Å². The Hall–Kier alpha value is -1.60. The number of aromatic nitrogens is 1. The van der Waals surface area contributed by atoms with Gasteiger partial charge in [-0.3, -0.25) is 0 Å². The molecule has 0 saturated carbocycles. The maximum atomic E-state index is 8.85. The molecule has 0 saturated heterocycles. The Morgan fingerprint density at radius 1 is 1.67 bits per heavy atom. The van der Waals surface area contributed by atoms with Crippen molar-refractivity contribution in [3.8, 4) is 6.07 Å². The van der Waals surface area contributed by atoms with Crippen LogP contribution in [0.25, 0.3) is 0 Å². The quantitative estimate of drug-likeness (QED) is 0.796. The van der Waals surface area contributed by atoms with Crippen molar-refractivity contribution in [3.63, 3.8) is 0 Å². The van der Waals surface area contributed by atoms with Crippen LogP contribution in [0, 0.1) is 11.3 Å². The number of rotatable bonds is 5. The second-order valence-electron chi connectivity index (χ2n) is 3.22. The number of anilines is 1. The lowest BCUT2D eigenvalue weighted by molar-refractivity contribution is 0.184. The van der Waals surface area contributed by atoms with Crippen molar-refractivity contribution in [2.75, 3.05) is 19.0 Å². The molecule has 80 valence electrons. The average Bonchev–Trinajstić information content (AvgIpc) is 2.29. The third-order valence-electron chi connectivity index (χ3n) is 2.13. The molecule has 0 fully saturated rings. The van der Waals surface area contributed by atoms with Crippen molar-refractivity contribution < 1.29 is 4.74 Å². The second kappa shape index (κ2) is 5.99. The third-order valence-corrected chi connectivity index (χ3v) is 2.13. The maximum absolute atomic E-state index is 8.85. The van der Waals surface area contributed by atoms with Crippen LogP contribution in [0.1, 0.15) is 19.0 Å². The Morgan fingerprint density at radius 3 is 3.07 bits per heavy atom. The first-order chi connectivity index (χ1) is 7.31. The molecule has 0 aliphatic heterocycles. The first kappa shape index (κ1) is 11.5. The molecule has 0 aliphatic rings. The summed E-state index contributed by atoms with van der Waals surface area (Å²) in [6.45, 7) is 2.69. The molecule has 0 radical (unpaired) electrons. The number of pyridine rings is 1. The summed E-state index contributed by atoms with van der Waals surface area (Å²) in [7, 11) is 1.67. The number of nitrogens with one attached hydrogen (secondary N) is 1. The fourth-order valence-corrected chi connectivity index (χ4v) is 1.29. The highest BCUT2D eigenvalue weighted by molar-refractivity contribution is 5.53. The summed E-state index contributed by atoms with van der Waals surface area (Å²) in [5, 5.41) is 12.1. The summed E-state index contributed by atoms with van der Waals surface area (Å²) in [5.74, 6) is 0. The molecule has 0 aromatic carbocycles. The van der Waals surface area contributed by atoms with Crippen LogP contribution >= 0.6 is 0 Å². The highest BCUT2D eigenvalue weighted by atomic mass is 16.5. The zero-order valence-electron chi connectivity index (χ0n) is 9.03. The summed E-state index contributed by atoms with van der Waals surface area (Å²) in [4.78, 5) is 3.98. The molecule has 1 aromatic rings. The van der Waals surface area contributed by atoms with Gasteiger partial charge >= 0.3 is 0 Å². The van der Waals surface area contributed by atoms with Crippen molar-refractivity contribution in [1.29, 1.82) is 5.26 Å². The molecule has 1 atom stereocenters. The summed E-state index contributed by atoms with van der Waals surface area (Å²) in [6.07, 6.45) is 2.55. The summed E-state index contributed by atoms with van der Waals surface area (Å²) < 4.78 is 5.07. The van der Waals surface area contributed by atoms with Gasteiger partial charge in [0.05, 0.1) is 12.3 Å². The first-order valence-electron chi connectivity index (χ1n) is 4.92. The van der Waals surface area contributed by atoms with Gasteiger partial charge < -0.3 is 10.1 Å². The molecule has 4 nitrogen and oxygen atoms in total. The van der Waals surface area contributed by atoms with Crippen LogP contribution in [-0.4, -0.2) is 24.7 Å². The molecular formula is C11H15N3O. The molecule has 1 aromatic heterocycles. The van der Waals surface area contributed by atoms with Crippen LogP contribution in [0.3, 0.4) is 0 Å². The highest BCUT2D eigenvalue weighted by Gasteiger charge is 2.08. The van der Waals surface area contributed by atoms with Crippen LogP contribution in [0.5, 0.6) is 0 Å². The van der Waals surface area contributed by atoms with Gasteiger partial charge in [0, 0.05) is 19.3 Å². The summed E-state index contributed by atoms with van der Waals surface area (Å²) in [5.41, 5.74) is 1.19. The van der Waals surface area contributed by atoms with E-state index in [2.05, 4.69) is 23.3 Å². The van der Waals surface area contributed by atoms with Crippen LogP contribution in [0.15, 0.2) is 18.3 Å². The Balaban J connectivity index is 2.74. The SMILES string of the molecule is CCC(COC)Nc1cccnc1C#N. The molecule has 1 N–H and O–H groups in total. The van der Waals surface area contributed by atoms with Crippen molar-refractivity contribution in [3.05, 3.63) is 24.0 Å². The lowest BCUT2D eigenvalue weighted by atomic mass is 10.2.